The van der Waals surface area contributed by atoms with Gasteiger partial charge in [-0.2, -0.15) is 18.3 Å². The Morgan fingerprint density at radius 2 is 1.90 bits per heavy atom. The lowest BCUT2D eigenvalue weighted by Gasteiger charge is -2.07. The van der Waals surface area contributed by atoms with Crippen LogP contribution in [0.25, 0.3) is 5.69 Å². The molecule has 1 heterocycles. The number of alkyl halides is 3. The molecule has 0 radical (unpaired) electrons. The molecule has 0 spiro atoms. The Kier molecular flexibility index (Phi) is 4.02. The largest absolute Gasteiger partial charge is 0.461 e. The minimum atomic E-state index is -4.38. The highest BCUT2D eigenvalue weighted by Gasteiger charge is 2.30. The third-order valence-electron chi connectivity index (χ3n) is 2.83. The van der Waals surface area contributed by atoms with E-state index in [-0.39, 0.29) is 12.3 Å². The van der Waals surface area contributed by atoms with Gasteiger partial charge in [-0.15, -0.1) is 0 Å². The summed E-state index contributed by atoms with van der Waals surface area (Å²) in [5.74, 6) is -0.555. The first-order valence-corrected chi connectivity index (χ1v) is 6.24. The van der Waals surface area contributed by atoms with E-state index in [1.807, 2.05) is 0 Å². The van der Waals surface area contributed by atoms with Crippen LogP contribution in [0.3, 0.4) is 0 Å². The van der Waals surface area contributed by atoms with E-state index in [2.05, 4.69) is 5.10 Å². The predicted octanol–water partition coefficient (Wildman–Crippen LogP) is 3.38. The molecule has 4 nitrogen and oxygen atoms in total. The second-order valence-corrected chi connectivity index (χ2v) is 4.37. The van der Waals surface area contributed by atoms with Crippen molar-refractivity contribution in [3.8, 4) is 5.69 Å². The first-order chi connectivity index (χ1) is 9.82. The van der Waals surface area contributed by atoms with E-state index in [0.29, 0.717) is 11.3 Å². The number of carbonyl (C=O) groups excluding carboxylic acids is 1. The average molecular weight is 298 g/mol. The van der Waals surface area contributed by atoms with Crippen LogP contribution in [0.4, 0.5) is 13.2 Å². The Hall–Kier alpha value is -2.31. The van der Waals surface area contributed by atoms with Crippen molar-refractivity contribution >= 4 is 5.97 Å². The molecule has 1 aromatic heterocycles. The fraction of sp³-hybridized carbons (Fsp3) is 0.286. The SMILES string of the molecule is CCOC(=O)c1nn(-c2ccc(C(F)(F)F)cc2)cc1C. The van der Waals surface area contributed by atoms with Crippen molar-refractivity contribution in [1.29, 1.82) is 0 Å². The standard InChI is InChI=1S/C14H13F3N2O2/c1-3-21-13(20)12-9(2)8-19(18-12)11-6-4-10(5-7-11)14(15,16)17/h4-8H,3H2,1-2H3. The van der Waals surface area contributed by atoms with Gasteiger partial charge in [0.2, 0.25) is 0 Å². The van der Waals surface area contributed by atoms with Gasteiger partial charge in [-0.25, -0.2) is 9.48 Å². The summed E-state index contributed by atoms with van der Waals surface area (Å²) in [6, 6.07) is 4.53. The number of nitrogens with zero attached hydrogens (tertiary/aromatic N) is 2. The van der Waals surface area contributed by atoms with E-state index < -0.39 is 17.7 Å². The number of rotatable bonds is 3. The molecule has 2 aromatic rings. The minimum Gasteiger partial charge on any atom is -0.461 e. The number of hydrogen-bond acceptors (Lipinski definition) is 3. The zero-order chi connectivity index (χ0) is 15.6. The van der Waals surface area contributed by atoms with E-state index in [9.17, 15) is 18.0 Å². The Balaban J connectivity index is 2.31. The summed E-state index contributed by atoms with van der Waals surface area (Å²) in [6.07, 6.45) is -2.82. The summed E-state index contributed by atoms with van der Waals surface area (Å²) in [7, 11) is 0. The molecule has 21 heavy (non-hydrogen) atoms. The fourth-order valence-corrected chi connectivity index (χ4v) is 1.80. The molecule has 2 rings (SSSR count). The zero-order valence-corrected chi connectivity index (χ0v) is 11.4. The molecule has 112 valence electrons. The Morgan fingerprint density at radius 1 is 1.29 bits per heavy atom. The monoisotopic (exact) mass is 298 g/mol. The Labute approximate surface area is 119 Å². The van der Waals surface area contributed by atoms with Gasteiger partial charge in [0, 0.05) is 11.8 Å². The lowest BCUT2D eigenvalue weighted by Crippen LogP contribution is -2.08. The number of esters is 1. The molecule has 0 aliphatic rings. The third kappa shape index (κ3) is 3.24. The van der Waals surface area contributed by atoms with Crippen molar-refractivity contribution in [2.45, 2.75) is 20.0 Å². The zero-order valence-electron chi connectivity index (χ0n) is 11.4. The van der Waals surface area contributed by atoms with Crippen LogP contribution in [0.15, 0.2) is 30.5 Å². The van der Waals surface area contributed by atoms with E-state index in [1.54, 1.807) is 20.0 Å². The van der Waals surface area contributed by atoms with Crippen molar-refractivity contribution in [3.05, 3.63) is 47.3 Å². The maximum atomic E-state index is 12.5. The van der Waals surface area contributed by atoms with Gasteiger partial charge in [0.15, 0.2) is 5.69 Å². The second kappa shape index (κ2) is 5.59. The van der Waals surface area contributed by atoms with Crippen LogP contribution in [0.2, 0.25) is 0 Å². The van der Waals surface area contributed by atoms with Crippen LogP contribution >= 0.6 is 0 Å². The van der Waals surface area contributed by atoms with E-state index in [4.69, 9.17) is 4.74 Å². The first-order valence-electron chi connectivity index (χ1n) is 6.24. The molecule has 0 unspecified atom stereocenters. The number of benzene rings is 1. The molecule has 0 aliphatic carbocycles. The fourth-order valence-electron chi connectivity index (χ4n) is 1.80. The highest BCUT2D eigenvalue weighted by atomic mass is 19.4. The van der Waals surface area contributed by atoms with Gasteiger partial charge in [-0.05, 0) is 38.1 Å². The average Bonchev–Trinajstić information content (AvgIpc) is 2.80. The van der Waals surface area contributed by atoms with E-state index >= 15 is 0 Å². The molecule has 1 aromatic carbocycles. The smallest absolute Gasteiger partial charge is 0.416 e. The molecule has 0 atom stereocenters. The summed E-state index contributed by atoms with van der Waals surface area (Å²) < 4.78 is 43.7. The molecule has 0 amide bonds. The van der Waals surface area contributed by atoms with Crippen molar-refractivity contribution in [2.24, 2.45) is 0 Å². The van der Waals surface area contributed by atoms with Crippen LogP contribution in [0.5, 0.6) is 0 Å². The molecular formula is C14H13F3N2O2. The van der Waals surface area contributed by atoms with Crippen LogP contribution in [-0.2, 0) is 10.9 Å². The number of halogens is 3. The number of aromatic nitrogens is 2. The highest BCUT2D eigenvalue weighted by Crippen LogP contribution is 2.29. The molecule has 0 N–H and O–H groups in total. The van der Waals surface area contributed by atoms with Gasteiger partial charge in [0.25, 0.3) is 0 Å². The van der Waals surface area contributed by atoms with Gasteiger partial charge in [0.1, 0.15) is 0 Å². The Morgan fingerprint density at radius 3 is 2.43 bits per heavy atom. The molecule has 0 aliphatic heterocycles. The third-order valence-corrected chi connectivity index (χ3v) is 2.83. The maximum Gasteiger partial charge on any atom is 0.416 e. The lowest BCUT2D eigenvalue weighted by molar-refractivity contribution is -0.137. The topological polar surface area (TPSA) is 44.1 Å². The van der Waals surface area contributed by atoms with Gasteiger partial charge >= 0.3 is 12.1 Å². The lowest BCUT2D eigenvalue weighted by atomic mass is 10.2. The van der Waals surface area contributed by atoms with E-state index in [1.165, 1.54) is 16.8 Å². The quantitative estimate of drug-likeness (QED) is 0.816. The number of aryl methyl sites for hydroxylation is 1. The van der Waals surface area contributed by atoms with Gasteiger partial charge in [-0.1, -0.05) is 0 Å². The molecule has 0 bridgehead atoms. The molecule has 7 heteroatoms. The molecule has 0 fully saturated rings. The number of carbonyl (C=O) groups is 1. The summed E-state index contributed by atoms with van der Waals surface area (Å²) in [6.45, 7) is 3.59. The predicted molar refractivity (Wildman–Crippen MR) is 69.3 cm³/mol. The normalized spacial score (nSPS) is 11.5. The van der Waals surface area contributed by atoms with Crippen LogP contribution in [0.1, 0.15) is 28.5 Å². The van der Waals surface area contributed by atoms with Crippen molar-refractivity contribution in [3.63, 3.8) is 0 Å². The van der Waals surface area contributed by atoms with Gasteiger partial charge in [-0.3, -0.25) is 0 Å². The summed E-state index contributed by atoms with van der Waals surface area (Å²) in [5, 5.41) is 4.05. The second-order valence-electron chi connectivity index (χ2n) is 4.37. The number of ether oxygens (including phenoxy) is 1. The summed E-state index contributed by atoms with van der Waals surface area (Å²) in [4.78, 5) is 11.6. The van der Waals surface area contributed by atoms with Crippen LogP contribution in [0, 0.1) is 6.92 Å². The van der Waals surface area contributed by atoms with E-state index in [0.717, 1.165) is 12.1 Å². The maximum absolute atomic E-state index is 12.5. The van der Waals surface area contributed by atoms with Crippen LogP contribution in [-0.4, -0.2) is 22.4 Å². The molecule has 0 saturated heterocycles. The number of hydrogen-bond donors (Lipinski definition) is 0. The van der Waals surface area contributed by atoms with Crippen molar-refractivity contribution in [2.75, 3.05) is 6.61 Å². The minimum absolute atomic E-state index is 0.150. The molecular weight excluding hydrogens is 285 g/mol. The first kappa shape index (κ1) is 15.1. The van der Waals surface area contributed by atoms with Gasteiger partial charge < -0.3 is 4.74 Å². The summed E-state index contributed by atoms with van der Waals surface area (Å²) in [5.41, 5.74) is 0.437. The van der Waals surface area contributed by atoms with Crippen molar-refractivity contribution < 1.29 is 22.7 Å². The van der Waals surface area contributed by atoms with Crippen LogP contribution < -0.4 is 0 Å². The summed E-state index contributed by atoms with van der Waals surface area (Å²) >= 11 is 0. The Bertz CT molecular complexity index is 645. The van der Waals surface area contributed by atoms with Gasteiger partial charge in [0.05, 0.1) is 17.9 Å². The molecule has 0 saturated carbocycles. The van der Waals surface area contributed by atoms with Crippen molar-refractivity contribution in [1.82, 2.24) is 9.78 Å². The highest BCUT2D eigenvalue weighted by molar-refractivity contribution is 5.88.